The maximum atomic E-state index is 13.4. The largest absolute Gasteiger partial charge is 0.352 e. The Labute approximate surface area is 195 Å². The van der Waals surface area contributed by atoms with Gasteiger partial charge in [0.15, 0.2) is 0 Å². The van der Waals surface area contributed by atoms with Crippen LogP contribution in [-0.2, 0) is 26.2 Å². The lowest BCUT2D eigenvalue weighted by atomic mass is 10.1. The van der Waals surface area contributed by atoms with E-state index in [2.05, 4.69) is 5.32 Å². The van der Waals surface area contributed by atoms with Crippen molar-refractivity contribution in [2.75, 3.05) is 17.1 Å². The zero-order valence-corrected chi connectivity index (χ0v) is 20.6. The number of rotatable bonds is 9. The van der Waals surface area contributed by atoms with E-state index < -0.39 is 28.5 Å². The van der Waals surface area contributed by atoms with Gasteiger partial charge < -0.3 is 10.2 Å². The molecule has 2 rings (SSSR count). The van der Waals surface area contributed by atoms with Crippen molar-refractivity contribution >= 4 is 39.1 Å². The van der Waals surface area contributed by atoms with Gasteiger partial charge >= 0.3 is 0 Å². The Morgan fingerprint density at radius 1 is 1.00 bits per heavy atom. The molecular formula is C23H30ClN3O4S. The number of carbonyl (C=O) groups excluding carboxylic acids is 2. The van der Waals surface area contributed by atoms with Gasteiger partial charge in [-0.2, -0.15) is 0 Å². The molecule has 2 aromatic rings. The third-order valence-electron chi connectivity index (χ3n) is 4.87. The number of aryl methyl sites for hydroxylation is 1. The first-order valence-electron chi connectivity index (χ1n) is 10.3. The number of hydrogen-bond donors (Lipinski definition) is 1. The Hall–Kier alpha value is -2.58. The molecule has 32 heavy (non-hydrogen) atoms. The summed E-state index contributed by atoms with van der Waals surface area (Å²) in [7, 11) is -3.76. The van der Waals surface area contributed by atoms with Gasteiger partial charge in [-0.1, -0.05) is 41.4 Å². The molecule has 7 nitrogen and oxygen atoms in total. The average Bonchev–Trinajstić information content (AvgIpc) is 2.70. The molecule has 0 aliphatic carbocycles. The highest BCUT2D eigenvalue weighted by atomic mass is 35.5. The first-order chi connectivity index (χ1) is 14.9. The van der Waals surface area contributed by atoms with Gasteiger partial charge in [-0.3, -0.25) is 13.9 Å². The molecule has 0 saturated heterocycles. The van der Waals surface area contributed by atoms with Crippen molar-refractivity contribution in [2.24, 2.45) is 0 Å². The van der Waals surface area contributed by atoms with Gasteiger partial charge in [0, 0.05) is 17.6 Å². The maximum absolute atomic E-state index is 13.4. The van der Waals surface area contributed by atoms with Crippen LogP contribution >= 0.6 is 11.6 Å². The molecule has 1 N–H and O–H groups in total. The second kappa shape index (κ2) is 10.8. The highest BCUT2D eigenvalue weighted by Gasteiger charge is 2.30. The molecule has 0 bridgehead atoms. The fourth-order valence-electron chi connectivity index (χ4n) is 3.10. The number of carbonyl (C=O) groups is 2. The van der Waals surface area contributed by atoms with Gasteiger partial charge in [-0.05, 0) is 57.5 Å². The quantitative estimate of drug-likeness (QED) is 0.597. The predicted octanol–water partition coefficient (Wildman–Crippen LogP) is 3.36. The van der Waals surface area contributed by atoms with Crippen LogP contribution in [0.1, 0.15) is 31.9 Å². The van der Waals surface area contributed by atoms with Crippen LogP contribution in [-0.4, -0.2) is 50.0 Å². The number of sulfonamides is 1. The lowest BCUT2D eigenvalue weighted by Crippen LogP contribution is -2.52. The first kappa shape index (κ1) is 25.7. The Bertz CT molecular complexity index is 1040. The first-order valence-corrected chi connectivity index (χ1v) is 12.5. The molecule has 0 heterocycles. The van der Waals surface area contributed by atoms with Gasteiger partial charge in [0.05, 0.1) is 11.9 Å². The monoisotopic (exact) mass is 479 g/mol. The van der Waals surface area contributed by atoms with Gasteiger partial charge in [0.2, 0.25) is 21.8 Å². The lowest BCUT2D eigenvalue weighted by Gasteiger charge is -2.32. The third kappa shape index (κ3) is 7.24. The summed E-state index contributed by atoms with van der Waals surface area (Å²) in [5.41, 5.74) is 2.23. The molecular weight excluding hydrogens is 450 g/mol. The van der Waals surface area contributed by atoms with E-state index in [4.69, 9.17) is 11.6 Å². The van der Waals surface area contributed by atoms with Crippen molar-refractivity contribution in [3.63, 3.8) is 0 Å². The van der Waals surface area contributed by atoms with Crippen LogP contribution in [0.25, 0.3) is 0 Å². The van der Waals surface area contributed by atoms with Crippen LogP contribution in [0.15, 0.2) is 48.5 Å². The van der Waals surface area contributed by atoms with Crippen LogP contribution in [0, 0.1) is 6.92 Å². The highest BCUT2D eigenvalue weighted by molar-refractivity contribution is 7.92. The SMILES string of the molecule is Cc1ccc(CN(C(=O)CN(c2ccc(Cl)cc2)S(C)(=O)=O)[C@@H](C)C(=O)NC(C)C)cc1. The Morgan fingerprint density at radius 2 is 1.56 bits per heavy atom. The minimum Gasteiger partial charge on any atom is -0.352 e. The lowest BCUT2D eigenvalue weighted by molar-refractivity contribution is -0.139. The standard InChI is InChI=1S/C23H30ClN3O4S/c1-16(2)25-23(29)18(4)26(14-19-8-6-17(3)7-9-19)22(28)15-27(32(5,30)31)21-12-10-20(24)11-13-21/h6-13,16,18H,14-15H2,1-5H3,(H,25,29)/t18-/m0/s1. The molecule has 0 fully saturated rings. The number of halogens is 1. The summed E-state index contributed by atoms with van der Waals surface area (Å²) in [5, 5.41) is 3.27. The molecule has 2 amide bonds. The van der Waals surface area contributed by atoms with Crippen LogP contribution in [0.3, 0.4) is 0 Å². The number of amides is 2. The van der Waals surface area contributed by atoms with Gasteiger partial charge in [-0.25, -0.2) is 8.42 Å². The Morgan fingerprint density at radius 3 is 2.06 bits per heavy atom. The van der Waals surface area contributed by atoms with E-state index in [1.165, 1.54) is 17.0 Å². The summed E-state index contributed by atoms with van der Waals surface area (Å²) in [6.07, 6.45) is 1.04. The maximum Gasteiger partial charge on any atom is 0.244 e. The zero-order valence-electron chi connectivity index (χ0n) is 19.0. The van der Waals surface area contributed by atoms with Crippen molar-refractivity contribution in [2.45, 2.75) is 46.3 Å². The van der Waals surface area contributed by atoms with Crippen LogP contribution in [0.2, 0.25) is 5.02 Å². The molecule has 9 heteroatoms. The molecule has 0 saturated carbocycles. The van der Waals surface area contributed by atoms with Crippen molar-refractivity contribution < 1.29 is 18.0 Å². The highest BCUT2D eigenvalue weighted by Crippen LogP contribution is 2.21. The Kier molecular flexibility index (Phi) is 8.69. The van der Waals surface area contributed by atoms with Crippen molar-refractivity contribution in [3.05, 3.63) is 64.7 Å². The van der Waals surface area contributed by atoms with E-state index in [1.807, 2.05) is 45.0 Å². The minimum absolute atomic E-state index is 0.0946. The number of nitrogens with one attached hydrogen (secondary N) is 1. The third-order valence-corrected chi connectivity index (χ3v) is 6.26. The van der Waals surface area contributed by atoms with E-state index in [9.17, 15) is 18.0 Å². The summed E-state index contributed by atoms with van der Waals surface area (Å²) in [6, 6.07) is 12.9. The summed E-state index contributed by atoms with van der Waals surface area (Å²) in [4.78, 5) is 27.4. The summed E-state index contributed by atoms with van der Waals surface area (Å²) < 4.78 is 25.9. The van der Waals surface area contributed by atoms with E-state index in [-0.39, 0.29) is 18.5 Å². The molecule has 0 aliphatic rings. The fraction of sp³-hybridized carbons (Fsp3) is 0.391. The van der Waals surface area contributed by atoms with E-state index in [1.54, 1.807) is 19.1 Å². The predicted molar refractivity (Wildman–Crippen MR) is 128 cm³/mol. The Balaban J connectivity index is 2.36. The molecule has 1 atom stereocenters. The second-order valence-electron chi connectivity index (χ2n) is 8.09. The normalized spacial score (nSPS) is 12.3. The molecule has 0 aliphatic heterocycles. The summed E-state index contributed by atoms with van der Waals surface area (Å²) >= 11 is 5.92. The van der Waals surface area contributed by atoms with Crippen LogP contribution < -0.4 is 9.62 Å². The van der Waals surface area contributed by atoms with Crippen molar-refractivity contribution in [1.82, 2.24) is 10.2 Å². The molecule has 0 spiro atoms. The summed E-state index contributed by atoms with van der Waals surface area (Å²) in [5.74, 6) is -0.796. The van der Waals surface area contributed by atoms with Crippen LogP contribution in [0.4, 0.5) is 5.69 Å². The molecule has 0 radical (unpaired) electrons. The number of anilines is 1. The van der Waals surface area contributed by atoms with E-state index >= 15 is 0 Å². The number of hydrogen-bond acceptors (Lipinski definition) is 4. The van der Waals surface area contributed by atoms with Crippen molar-refractivity contribution in [1.29, 1.82) is 0 Å². The molecule has 0 unspecified atom stereocenters. The molecule has 2 aromatic carbocycles. The van der Waals surface area contributed by atoms with Crippen LogP contribution in [0.5, 0.6) is 0 Å². The average molecular weight is 480 g/mol. The van der Waals surface area contributed by atoms with E-state index in [0.29, 0.717) is 10.7 Å². The topological polar surface area (TPSA) is 86.8 Å². The molecule has 174 valence electrons. The zero-order chi connectivity index (χ0) is 24.1. The van der Waals surface area contributed by atoms with E-state index in [0.717, 1.165) is 21.7 Å². The smallest absolute Gasteiger partial charge is 0.244 e. The number of nitrogens with zero attached hydrogens (tertiary/aromatic N) is 2. The van der Waals surface area contributed by atoms with Gasteiger partial charge in [0.1, 0.15) is 12.6 Å². The molecule has 0 aromatic heterocycles. The number of benzene rings is 2. The fourth-order valence-corrected chi connectivity index (χ4v) is 4.07. The second-order valence-corrected chi connectivity index (χ2v) is 10.4. The van der Waals surface area contributed by atoms with Crippen molar-refractivity contribution in [3.8, 4) is 0 Å². The minimum atomic E-state index is -3.76. The van der Waals surface area contributed by atoms with Gasteiger partial charge in [-0.15, -0.1) is 0 Å². The van der Waals surface area contributed by atoms with Gasteiger partial charge in [0.25, 0.3) is 0 Å². The summed E-state index contributed by atoms with van der Waals surface area (Å²) in [6.45, 7) is 7.00.